The number of carbonyl (C=O) groups excluding carboxylic acids is 2. The molecule has 21 heavy (non-hydrogen) atoms. The molecule has 0 radical (unpaired) electrons. The van der Waals surface area contributed by atoms with Gasteiger partial charge in [0.25, 0.3) is 0 Å². The molecule has 6 heteroatoms. The van der Waals surface area contributed by atoms with E-state index in [2.05, 4.69) is 10.3 Å². The average molecular weight is 310 g/mol. The highest BCUT2D eigenvalue weighted by atomic mass is 32.1. The fourth-order valence-corrected chi connectivity index (χ4v) is 3.53. The number of nitrogens with one attached hydrogen (secondary N) is 1. The van der Waals surface area contributed by atoms with E-state index in [1.165, 1.54) is 43.9 Å². The summed E-state index contributed by atoms with van der Waals surface area (Å²) in [5.74, 6) is 0.122. The molecule has 0 bridgehead atoms. The zero-order valence-corrected chi connectivity index (χ0v) is 13.4. The summed E-state index contributed by atoms with van der Waals surface area (Å²) in [5, 5.41) is 3.86. The molecule has 116 valence electrons. The zero-order valence-electron chi connectivity index (χ0n) is 12.6. The van der Waals surface area contributed by atoms with Crippen LogP contribution < -0.4 is 5.32 Å². The molecule has 1 saturated carbocycles. The zero-order chi connectivity index (χ0) is 15.2. The maximum absolute atomic E-state index is 11.8. The normalized spacial score (nSPS) is 15.1. The van der Waals surface area contributed by atoms with Crippen molar-refractivity contribution >= 4 is 28.2 Å². The van der Waals surface area contributed by atoms with E-state index in [1.54, 1.807) is 6.92 Å². The Morgan fingerprint density at radius 2 is 2.10 bits per heavy atom. The number of esters is 1. The Morgan fingerprint density at radius 3 is 2.71 bits per heavy atom. The Balaban J connectivity index is 1.97. The molecular weight excluding hydrogens is 288 g/mol. The first-order chi connectivity index (χ1) is 10.1. The highest BCUT2D eigenvalue weighted by Crippen LogP contribution is 2.28. The quantitative estimate of drug-likeness (QED) is 0.616. The minimum absolute atomic E-state index is 0.137. The highest BCUT2D eigenvalue weighted by Gasteiger charge is 2.22. The number of hydrogen-bond acceptors (Lipinski definition) is 6. The summed E-state index contributed by atoms with van der Waals surface area (Å²) in [6, 6.07) is 0. The van der Waals surface area contributed by atoms with Crippen molar-refractivity contribution in [2.45, 2.75) is 46.0 Å². The Hall–Kier alpha value is -1.43. The van der Waals surface area contributed by atoms with Crippen LogP contribution in [0.3, 0.4) is 0 Å². The van der Waals surface area contributed by atoms with Crippen LogP contribution in [0.15, 0.2) is 0 Å². The maximum atomic E-state index is 11.8. The molecule has 5 nitrogen and oxygen atoms in total. The number of nitrogens with zero attached hydrogens (tertiary/aromatic N) is 1. The smallest absolute Gasteiger partial charge is 0.358 e. The van der Waals surface area contributed by atoms with E-state index in [0.29, 0.717) is 10.0 Å². The molecule has 1 fully saturated rings. The second kappa shape index (κ2) is 7.54. The minimum atomic E-state index is -0.525. The van der Waals surface area contributed by atoms with Crippen LogP contribution in [0.25, 0.3) is 0 Å². The molecule has 1 aromatic heterocycles. The van der Waals surface area contributed by atoms with E-state index in [-0.39, 0.29) is 18.1 Å². The Kier molecular flexibility index (Phi) is 5.73. The molecule has 1 aromatic rings. The van der Waals surface area contributed by atoms with Crippen LogP contribution in [-0.2, 0) is 4.74 Å². The van der Waals surface area contributed by atoms with Gasteiger partial charge in [-0.05, 0) is 19.3 Å². The first kappa shape index (κ1) is 15.9. The maximum Gasteiger partial charge on any atom is 0.358 e. The lowest BCUT2D eigenvalue weighted by molar-refractivity contribution is 0.0517. The number of Topliss-reactive ketones (excluding diaryl/α,β-unsaturated/α-hetero) is 1. The summed E-state index contributed by atoms with van der Waals surface area (Å²) < 4.78 is 4.94. The van der Waals surface area contributed by atoms with Gasteiger partial charge in [-0.3, -0.25) is 4.79 Å². The van der Waals surface area contributed by atoms with Gasteiger partial charge in [0, 0.05) is 13.5 Å². The number of thiazole rings is 1. The van der Waals surface area contributed by atoms with Gasteiger partial charge in [-0.1, -0.05) is 37.0 Å². The van der Waals surface area contributed by atoms with E-state index in [1.807, 2.05) is 0 Å². The van der Waals surface area contributed by atoms with Crippen molar-refractivity contribution in [1.82, 2.24) is 4.98 Å². The third-order valence-corrected chi connectivity index (χ3v) is 4.83. The van der Waals surface area contributed by atoms with Gasteiger partial charge in [-0.2, -0.15) is 0 Å². The van der Waals surface area contributed by atoms with Crippen molar-refractivity contribution in [3.63, 3.8) is 0 Å². The summed E-state index contributed by atoms with van der Waals surface area (Å²) in [6.07, 6.45) is 6.41. The van der Waals surface area contributed by atoms with Crippen LogP contribution >= 0.6 is 11.3 Å². The predicted octanol–water partition coefficient (Wildman–Crippen LogP) is 3.51. The fraction of sp³-hybridized carbons (Fsp3) is 0.667. The first-order valence-corrected chi connectivity index (χ1v) is 8.36. The second-order valence-electron chi connectivity index (χ2n) is 5.34. The summed E-state index contributed by atoms with van der Waals surface area (Å²) >= 11 is 1.23. The van der Waals surface area contributed by atoms with Crippen LogP contribution in [0.1, 0.15) is 66.1 Å². The van der Waals surface area contributed by atoms with E-state index >= 15 is 0 Å². The summed E-state index contributed by atoms with van der Waals surface area (Å²) in [5.41, 5.74) is 0.137. The van der Waals surface area contributed by atoms with Gasteiger partial charge in [0.1, 0.15) is 4.88 Å². The number of aromatic nitrogens is 1. The monoisotopic (exact) mass is 310 g/mol. The molecule has 0 aromatic carbocycles. The van der Waals surface area contributed by atoms with Crippen molar-refractivity contribution in [3.05, 3.63) is 10.6 Å². The number of ether oxygens (including phenoxy) is 1. The number of ketones is 1. The van der Waals surface area contributed by atoms with Crippen molar-refractivity contribution in [2.24, 2.45) is 5.92 Å². The van der Waals surface area contributed by atoms with Crippen LogP contribution in [0.5, 0.6) is 0 Å². The molecule has 0 spiro atoms. The standard InChI is InChI=1S/C15H22N2O3S/c1-3-20-14(19)12-13(10(2)18)21-15(17-12)16-9-8-11-6-4-5-7-11/h11H,3-9H2,1-2H3,(H,16,17). The van der Waals surface area contributed by atoms with Crippen molar-refractivity contribution < 1.29 is 14.3 Å². The molecule has 1 aliphatic rings. The summed E-state index contributed by atoms with van der Waals surface area (Å²) in [6.45, 7) is 4.28. The number of carbonyl (C=O) groups is 2. The number of anilines is 1. The summed E-state index contributed by atoms with van der Waals surface area (Å²) in [7, 11) is 0. The van der Waals surface area contributed by atoms with E-state index < -0.39 is 5.97 Å². The third kappa shape index (κ3) is 4.27. The third-order valence-electron chi connectivity index (χ3n) is 3.72. The number of rotatable bonds is 7. The lowest BCUT2D eigenvalue weighted by Crippen LogP contribution is -2.10. The molecule has 0 atom stereocenters. The SMILES string of the molecule is CCOC(=O)c1nc(NCCC2CCCC2)sc1C(C)=O. The largest absolute Gasteiger partial charge is 0.461 e. The molecule has 1 heterocycles. The van der Waals surface area contributed by atoms with Crippen LogP contribution in [0, 0.1) is 5.92 Å². The Bertz CT molecular complexity index is 507. The summed E-state index contributed by atoms with van der Waals surface area (Å²) in [4.78, 5) is 28.0. The van der Waals surface area contributed by atoms with Crippen LogP contribution in [-0.4, -0.2) is 29.9 Å². The second-order valence-corrected chi connectivity index (χ2v) is 6.34. The van der Waals surface area contributed by atoms with E-state index in [4.69, 9.17) is 4.74 Å². The van der Waals surface area contributed by atoms with Crippen molar-refractivity contribution in [2.75, 3.05) is 18.5 Å². The van der Waals surface area contributed by atoms with Gasteiger partial charge in [-0.25, -0.2) is 9.78 Å². The molecule has 2 rings (SSSR count). The Labute approximate surface area is 129 Å². The molecule has 0 aliphatic heterocycles. The van der Waals surface area contributed by atoms with E-state index in [9.17, 15) is 9.59 Å². The molecule has 0 saturated heterocycles. The topological polar surface area (TPSA) is 68.3 Å². The van der Waals surface area contributed by atoms with Gasteiger partial charge < -0.3 is 10.1 Å². The molecule has 0 unspecified atom stereocenters. The van der Waals surface area contributed by atoms with Gasteiger partial charge in [0.15, 0.2) is 16.6 Å². The van der Waals surface area contributed by atoms with Crippen LogP contribution in [0.2, 0.25) is 0 Å². The lowest BCUT2D eigenvalue weighted by atomic mass is 10.0. The lowest BCUT2D eigenvalue weighted by Gasteiger charge is -2.08. The fourth-order valence-electron chi connectivity index (χ4n) is 2.65. The first-order valence-electron chi connectivity index (χ1n) is 7.54. The van der Waals surface area contributed by atoms with Crippen molar-refractivity contribution in [3.8, 4) is 0 Å². The molecule has 1 aliphatic carbocycles. The van der Waals surface area contributed by atoms with E-state index in [0.717, 1.165) is 18.9 Å². The average Bonchev–Trinajstić information content (AvgIpc) is 3.08. The minimum Gasteiger partial charge on any atom is -0.461 e. The number of hydrogen-bond donors (Lipinski definition) is 1. The van der Waals surface area contributed by atoms with Gasteiger partial charge >= 0.3 is 5.97 Å². The molecule has 1 N–H and O–H groups in total. The van der Waals surface area contributed by atoms with Gasteiger partial charge in [0.05, 0.1) is 6.61 Å². The van der Waals surface area contributed by atoms with Crippen LogP contribution in [0.4, 0.5) is 5.13 Å². The van der Waals surface area contributed by atoms with Gasteiger partial charge in [0.2, 0.25) is 0 Å². The highest BCUT2D eigenvalue weighted by molar-refractivity contribution is 7.17. The van der Waals surface area contributed by atoms with Gasteiger partial charge in [-0.15, -0.1) is 0 Å². The molecular formula is C15H22N2O3S. The predicted molar refractivity (Wildman–Crippen MR) is 83.1 cm³/mol. The molecule has 0 amide bonds. The van der Waals surface area contributed by atoms with Crippen molar-refractivity contribution in [1.29, 1.82) is 0 Å². The Morgan fingerprint density at radius 1 is 1.38 bits per heavy atom.